The number of carbonyl (C=O) groups excluding carboxylic acids is 2. The average molecular weight is 304 g/mol. The zero-order valence-corrected chi connectivity index (χ0v) is 13.6. The molecule has 6 nitrogen and oxygen atoms in total. The van der Waals surface area contributed by atoms with Gasteiger partial charge in [0.05, 0.1) is 5.75 Å². The monoisotopic (exact) mass is 304 g/mol. The van der Waals surface area contributed by atoms with Gasteiger partial charge in [-0.05, 0) is 19.8 Å². The number of nitrogens with one attached hydrogen (secondary N) is 1. The first kappa shape index (κ1) is 16.9. The van der Waals surface area contributed by atoms with E-state index in [0.717, 1.165) is 12.7 Å². The number of nitrogens with zero attached hydrogens (tertiary/aromatic N) is 1. The minimum Gasteiger partial charge on any atom is -0.342 e. The molecule has 0 aromatic rings. The van der Waals surface area contributed by atoms with Crippen molar-refractivity contribution in [3.63, 3.8) is 0 Å². The molecule has 1 saturated heterocycles. The average Bonchev–Trinajstić information content (AvgIpc) is 2.31. The van der Waals surface area contributed by atoms with Crippen LogP contribution >= 0.6 is 0 Å². The van der Waals surface area contributed by atoms with Crippen molar-refractivity contribution in [1.29, 1.82) is 0 Å². The van der Waals surface area contributed by atoms with E-state index >= 15 is 0 Å². The molecular weight excluding hydrogens is 280 g/mol. The fourth-order valence-electron chi connectivity index (χ4n) is 2.21. The molecule has 1 N–H and O–H groups in total. The van der Waals surface area contributed by atoms with E-state index in [0.29, 0.717) is 0 Å². The van der Waals surface area contributed by atoms with Crippen molar-refractivity contribution >= 4 is 21.7 Å². The van der Waals surface area contributed by atoms with E-state index in [2.05, 4.69) is 5.32 Å². The molecule has 0 aliphatic carbocycles. The fraction of sp³-hybridized carbons (Fsp3) is 0.846. The van der Waals surface area contributed by atoms with Crippen LogP contribution in [-0.4, -0.2) is 55.3 Å². The normalized spacial score (nSPS) is 24.4. The number of hydrogen-bond acceptors (Lipinski definition) is 4. The van der Waals surface area contributed by atoms with E-state index in [4.69, 9.17) is 0 Å². The van der Waals surface area contributed by atoms with E-state index in [1.807, 2.05) is 13.8 Å². The summed E-state index contributed by atoms with van der Waals surface area (Å²) in [5, 5.41) is 2.75. The largest absolute Gasteiger partial charge is 0.342 e. The molecule has 1 rings (SSSR count). The van der Waals surface area contributed by atoms with Gasteiger partial charge in [-0.3, -0.25) is 9.59 Å². The maximum absolute atomic E-state index is 12.5. The molecule has 1 heterocycles. The highest BCUT2D eigenvalue weighted by atomic mass is 32.2. The van der Waals surface area contributed by atoms with Gasteiger partial charge in [-0.1, -0.05) is 20.3 Å². The van der Waals surface area contributed by atoms with Gasteiger partial charge < -0.3 is 10.2 Å². The number of amides is 2. The Balaban J connectivity index is 3.01. The summed E-state index contributed by atoms with van der Waals surface area (Å²) >= 11 is 0. The fourth-order valence-corrected chi connectivity index (χ4v) is 2.73. The lowest BCUT2D eigenvalue weighted by molar-refractivity contribution is -0.156. The molecule has 0 saturated carbocycles. The van der Waals surface area contributed by atoms with Crippen LogP contribution in [0.25, 0.3) is 0 Å². The zero-order valence-electron chi connectivity index (χ0n) is 12.8. The van der Waals surface area contributed by atoms with Crippen LogP contribution in [0.4, 0.5) is 0 Å². The Morgan fingerprint density at radius 1 is 1.35 bits per heavy atom. The van der Waals surface area contributed by atoms with Crippen molar-refractivity contribution in [1.82, 2.24) is 10.2 Å². The molecule has 7 heteroatoms. The molecule has 1 aliphatic heterocycles. The molecule has 0 radical (unpaired) electrons. The molecule has 0 spiro atoms. The van der Waals surface area contributed by atoms with Crippen molar-refractivity contribution < 1.29 is 18.0 Å². The Bertz CT molecular complexity index is 499. The second-order valence-corrected chi connectivity index (χ2v) is 8.28. The summed E-state index contributed by atoms with van der Waals surface area (Å²) in [4.78, 5) is 26.1. The van der Waals surface area contributed by atoms with E-state index < -0.39 is 21.4 Å². The lowest BCUT2D eigenvalue weighted by Crippen LogP contribution is -2.70. The maximum Gasteiger partial charge on any atom is 0.246 e. The van der Waals surface area contributed by atoms with Gasteiger partial charge in [-0.2, -0.15) is 0 Å². The molecule has 0 aromatic carbocycles. The minimum absolute atomic E-state index is 0.0169. The van der Waals surface area contributed by atoms with Crippen molar-refractivity contribution in [2.45, 2.75) is 45.7 Å². The Labute approximate surface area is 120 Å². The summed E-state index contributed by atoms with van der Waals surface area (Å²) in [6.07, 6.45) is 1.89. The van der Waals surface area contributed by atoms with Gasteiger partial charge in [0.1, 0.15) is 21.4 Å². The Hall–Kier alpha value is -1.11. The highest BCUT2D eigenvalue weighted by Crippen LogP contribution is 2.24. The summed E-state index contributed by atoms with van der Waals surface area (Å²) < 4.78 is 22.6. The molecule has 0 aromatic heterocycles. The second kappa shape index (κ2) is 5.71. The van der Waals surface area contributed by atoms with E-state index in [9.17, 15) is 18.0 Å². The van der Waals surface area contributed by atoms with Crippen LogP contribution in [0.5, 0.6) is 0 Å². The van der Waals surface area contributed by atoms with Crippen LogP contribution in [0.1, 0.15) is 34.1 Å². The molecular formula is C13H24N2O4S. The summed E-state index contributed by atoms with van der Waals surface area (Å²) in [5.74, 6) is -0.561. The minimum atomic E-state index is -3.18. The van der Waals surface area contributed by atoms with Crippen LogP contribution in [0, 0.1) is 5.92 Å². The zero-order chi connectivity index (χ0) is 15.7. The summed E-state index contributed by atoms with van der Waals surface area (Å²) in [5.41, 5.74) is -1.02. The number of carbonyl (C=O) groups is 2. The van der Waals surface area contributed by atoms with Gasteiger partial charge in [0, 0.05) is 12.8 Å². The number of hydrogen-bond donors (Lipinski definition) is 1. The van der Waals surface area contributed by atoms with Crippen LogP contribution in [0.15, 0.2) is 0 Å². The number of rotatable bonds is 5. The van der Waals surface area contributed by atoms with E-state index in [1.165, 1.54) is 4.90 Å². The van der Waals surface area contributed by atoms with E-state index in [-0.39, 0.29) is 30.0 Å². The first-order valence-corrected chi connectivity index (χ1v) is 8.87. The second-order valence-electron chi connectivity index (χ2n) is 6.02. The third-order valence-corrected chi connectivity index (χ3v) is 4.87. The Morgan fingerprint density at radius 2 is 1.90 bits per heavy atom. The van der Waals surface area contributed by atoms with E-state index in [1.54, 1.807) is 13.8 Å². The van der Waals surface area contributed by atoms with Crippen LogP contribution in [-0.2, 0) is 19.4 Å². The van der Waals surface area contributed by atoms with Gasteiger partial charge in [0.15, 0.2) is 0 Å². The molecule has 1 aliphatic rings. The van der Waals surface area contributed by atoms with Crippen molar-refractivity contribution in [3.05, 3.63) is 0 Å². The van der Waals surface area contributed by atoms with Gasteiger partial charge in [-0.25, -0.2) is 8.42 Å². The predicted octanol–water partition coefficient (Wildman–Crippen LogP) is 0.183. The van der Waals surface area contributed by atoms with Crippen molar-refractivity contribution in [2.24, 2.45) is 5.92 Å². The molecule has 116 valence electrons. The van der Waals surface area contributed by atoms with Crippen LogP contribution in [0.3, 0.4) is 0 Å². The van der Waals surface area contributed by atoms with Crippen LogP contribution in [0.2, 0.25) is 0 Å². The third kappa shape index (κ3) is 3.50. The highest BCUT2D eigenvalue weighted by Gasteiger charge is 2.47. The lowest BCUT2D eigenvalue weighted by Gasteiger charge is -2.45. The first-order chi connectivity index (χ1) is 9.00. The predicted molar refractivity (Wildman–Crippen MR) is 76.9 cm³/mol. The number of piperazine rings is 1. The SMILES string of the molecule is CCC(C)C1NC(=O)C(C)(C)N(CCS(C)(=O)=O)C1=O. The number of sulfone groups is 1. The molecule has 2 unspecified atom stereocenters. The van der Waals surface area contributed by atoms with Gasteiger partial charge in [-0.15, -0.1) is 0 Å². The third-order valence-electron chi connectivity index (χ3n) is 3.95. The summed E-state index contributed by atoms with van der Waals surface area (Å²) in [6, 6.07) is -0.569. The van der Waals surface area contributed by atoms with Crippen molar-refractivity contribution in [2.75, 3.05) is 18.6 Å². The molecule has 1 fully saturated rings. The Morgan fingerprint density at radius 3 is 2.35 bits per heavy atom. The van der Waals surface area contributed by atoms with Crippen molar-refractivity contribution in [3.8, 4) is 0 Å². The highest BCUT2D eigenvalue weighted by molar-refractivity contribution is 7.90. The molecule has 2 atom stereocenters. The van der Waals surface area contributed by atoms with Gasteiger partial charge in [0.2, 0.25) is 11.8 Å². The van der Waals surface area contributed by atoms with Crippen LogP contribution < -0.4 is 5.32 Å². The quantitative estimate of drug-likeness (QED) is 0.785. The molecule has 0 bridgehead atoms. The molecule has 2 amide bonds. The maximum atomic E-state index is 12.5. The Kier molecular flexibility index (Phi) is 4.84. The first-order valence-electron chi connectivity index (χ1n) is 6.81. The molecule has 20 heavy (non-hydrogen) atoms. The summed E-state index contributed by atoms with van der Waals surface area (Å²) in [7, 11) is -3.18. The van der Waals surface area contributed by atoms with Gasteiger partial charge in [0.25, 0.3) is 0 Å². The summed E-state index contributed by atoms with van der Waals surface area (Å²) in [6.45, 7) is 7.16. The van der Waals surface area contributed by atoms with Gasteiger partial charge >= 0.3 is 0 Å². The lowest BCUT2D eigenvalue weighted by atomic mass is 9.89. The standard InChI is InChI=1S/C13H24N2O4S/c1-6-9(2)10-11(16)15(7-8-20(5,18)19)13(3,4)12(17)14-10/h9-10H,6-8H2,1-5H3,(H,14,17). The smallest absolute Gasteiger partial charge is 0.246 e. The topological polar surface area (TPSA) is 83.6 Å².